The van der Waals surface area contributed by atoms with Gasteiger partial charge in [0.15, 0.2) is 0 Å². The number of nitrogens with zero attached hydrogens (tertiary/aromatic N) is 2. The molecular formula is C18H20FN3O2S. The first-order chi connectivity index (χ1) is 11.9. The minimum Gasteiger partial charge on any atom is -0.331 e. The van der Waals surface area contributed by atoms with Crippen LogP contribution < -0.4 is 4.72 Å². The van der Waals surface area contributed by atoms with Crippen molar-refractivity contribution in [1.29, 1.82) is 0 Å². The number of hydrogen-bond acceptors (Lipinski definition) is 3. The van der Waals surface area contributed by atoms with E-state index in [4.69, 9.17) is 0 Å². The van der Waals surface area contributed by atoms with E-state index in [0.717, 1.165) is 0 Å². The van der Waals surface area contributed by atoms with Gasteiger partial charge in [0.1, 0.15) is 16.4 Å². The fourth-order valence-corrected chi connectivity index (χ4v) is 3.97. The third-order valence-electron chi connectivity index (χ3n) is 3.80. The van der Waals surface area contributed by atoms with Gasteiger partial charge in [-0.05, 0) is 35.7 Å². The van der Waals surface area contributed by atoms with Crippen LogP contribution in [0.2, 0.25) is 0 Å². The Balaban J connectivity index is 1.94. The molecule has 132 valence electrons. The summed E-state index contributed by atoms with van der Waals surface area (Å²) >= 11 is 0. The molecule has 0 atom stereocenters. The van der Waals surface area contributed by atoms with Gasteiger partial charge < -0.3 is 4.57 Å². The quantitative estimate of drug-likeness (QED) is 0.733. The minimum absolute atomic E-state index is 0.0250. The number of halogens is 1. The number of sulfonamides is 1. The molecule has 3 aromatic rings. The lowest BCUT2D eigenvalue weighted by atomic mass is 10.2. The number of benzene rings is 1. The molecule has 7 heteroatoms. The summed E-state index contributed by atoms with van der Waals surface area (Å²) in [7, 11) is -3.75. The van der Waals surface area contributed by atoms with Crippen molar-refractivity contribution < 1.29 is 12.8 Å². The molecule has 0 radical (unpaired) electrons. The zero-order chi connectivity index (χ0) is 18.0. The minimum atomic E-state index is -3.75. The largest absolute Gasteiger partial charge is 0.331 e. The molecule has 1 N–H and O–H groups in total. The Bertz CT molecular complexity index is 996. The summed E-state index contributed by atoms with van der Waals surface area (Å²) in [5.74, 6) is -0.0390. The van der Waals surface area contributed by atoms with Crippen LogP contribution >= 0.6 is 0 Å². The summed E-state index contributed by atoms with van der Waals surface area (Å²) in [4.78, 5) is 4.51. The van der Waals surface area contributed by atoms with E-state index >= 15 is 0 Å². The fourth-order valence-electron chi connectivity index (χ4n) is 2.74. The maximum Gasteiger partial charge on any atom is 0.243 e. The molecule has 5 nitrogen and oxygen atoms in total. The molecule has 0 aliphatic carbocycles. The molecule has 0 fully saturated rings. The van der Waals surface area contributed by atoms with Crippen molar-refractivity contribution in [1.82, 2.24) is 14.3 Å². The van der Waals surface area contributed by atoms with Crippen LogP contribution in [0.4, 0.5) is 4.39 Å². The lowest BCUT2D eigenvalue weighted by Crippen LogP contribution is -2.23. The van der Waals surface area contributed by atoms with E-state index in [2.05, 4.69) is 23.6 Å². The van der Waals surface area contributed by atoms with E-state index in [1.807, 2.05) is 4.57 Å². The normalized spacial score (nSPS) is 12.2. The third kappa shape index (κ3) is 3.88. The average Bonchev–Trinajstić information content (AvgIpc) is 2.92. The lowest BCUT2D eigenvalue weighted by molar-refractivity contribution is 0.530. The van der Waals surface area contributed by atoms with E-state index in [-0.39, 0.29) is 11.4 Å². The topological polar surface area (TPSA) is 64.0 Å². The number of aromatic nitrogens is 2. The molecule has 0 saturated carbocycles. The Hall–Kier alpha value is -2.25. The number of pyridine rings is 1. The molecule has 0 unspecified atom stereocenters. The van der Waals surface area contributed by atoms with Crippen molar-refractivity contribution in [3.8, 4) is 0 Å². The summed E-state index contributed by atoms with van der Waals surface area (Å²) in [6.45, 7) is 4.82. The number of hydrogen-bond donors (Lipinski definition) is 1. The second kappa shape index (κ2) is 6.93. The Morgan fingerprint density at radius 1 is 1.24 bits per heavy atom. The van der Waals surface area contributed by atoms with Crippen molar-refractivity contribution in [3.63, 3.8) is 0 Å². The SMILES string of the molecule is CC(C)Cn1cc(S(=O)(=O)NCc2cccc(F)c2)c2cccnc21. The van der Waals surface area contributed by atoms with Gasteiger partial charge in [-0.25, -0.2) is 22.5 Å². The molecule has 2 aromatic heterocycles. The van der Waals surface area contributed by atoms with Crippen LogP contribution in [0.3, 0.4) is 0 Å². The molecule has 0 amide bonds. The van der Waals surface area contributed by atoms with Crippen molar-refractivity contribution in [2.75, 3.05) is 0 Å². The van der Waals surface area contributed by atoms with Crippen LogP contribution in [0.1, 0.15) is 19.4 Å². The Morgan fingerprint density at radius 2 is 2.04 bits per heavy atom. The summed E-state index contributed by atoms with van der Waals surface area (Å²) in [6.07, 6.45) is 3.27. The Labute approximate surface area is 146 Å². The molecule has 2 heterocycles. The van der Waals surface area contributed by atoms with Crippen LogP contribution in [0.15, 0.2) is 53.7 Å². The maximum absolute atomic E-state index is 13.3. The van der Waals surface area contributed by atoms with Gasteiger partial charge in [-0.2, -0.15) is 0 Å². The molecule has 25 heavy (non-hydrogen) atoms. The van der Waals surface area contributed by atoms with Crippen LogP contribution in [0.5, 0.6) is 0 Å². The van der Waals surface area contributed by atoms with E-state index in [1.54, 1.807) is 36.7 Å². The summed E-state index contributed by atoms with van der Waals surface area (Å²) in [6, 6.07) is 9.32. The zero-order valence-corrected chi connectivity index (χ0v) is 14.9. The van der Waals surface area contributed by atoms with Gasteiger partial charge in [-0.15, -0.1) is 0 Å². The highest BCUT2D eigenvalue weighted by molar-refractivity contribution is 7.89. The van der Waals surface area contributed by atoms with Gasteiger partial charge in [-0.3, -0.25) is 0 Å². The molecular weight excluding hydrogens is 341 g/mol. The summed E-state index contributed by atoms with van der Waals surface area (Å²) in [5, 5.41) is 0.579. The molecule has 0 bridgehead atoms. The monoisotopic (exact) mass is 361 g/mol. The predicted molar refractivity (Wildman–Crippen MR) is 95.0 cm³/mol. The van der Waals surface area contributed by atoms with Crippen molar-refractivity contribution in [3.05, 3.63) is 60.2 Å². The van der Waals surface area contributed by atoms with Crippen LogP contribution in [0.25, 0.3) is 11.0 Å². The first-order valence-electron chi connectivity index (χ1n) is 8.05. The first-order valence-corrected chi connectivity index (χ1v) is 9.53. The van der Waals surface area contributed by atoms with Gasteiger partial charge >= 0.3 is 0 Å². The highest BCUT2D eigenvalue weighted by Crippen LogP contribution is 2.24. The second-order valence-corrected chi connectivity index (χ2v) is 8.10. The van der Waals surface area contributed by atoms with Gasteiger partial charge in [0, 0.05) is 30.9 Å². The number of fused-ring (bicyclic) bond motifs is 1. The lowest BCUT2D eigenvalue weighted by Gasteiger charge is -2.07. The Morgan fingerprint density at radius 3 is 2.76 bits per heavy atom. The summed E-state index contributed by atoms with van der Waals surface area (Å²) in [5.41, 5.74) is 1.20. The number of rotatable bonds is 6. The van der Waals surface area contributed by atoms with Crippen LogP contribution in [-0.2, 0) is 23.1 Å². The highest BCUT2D eigenvalue weighted by Gasteiger charge is 2.21. The zero-order valence-electron chi connectivity index (χ0n) is 14.1. The summed E-state index contributed by atoms with van der Waals surface area (Å²) < 4.78 is 43.2. The maximum atomic E-state index is 13.3. The van der Waals surface area contributed by atoms with E-state index < -0.39 is 15.8 Å². The predicted octanol–water partition coefficient (Wildman–Crippen LogP) is 3.31. The molecule has 3 rings (SSSR count). The van der Waals surface area contributed by atoms with Crippen molar-refractivity contribution in [2.45, 2.75) is 31.8 Å². The molecule has 0 aliphatic rings. The average molecular weight is 361 g/mol. The standard InChI is InChI=1S/C18H20FN3O2S/c1-13(2)11-22-12-17(16-7-4-8-20-18(16)22)25(23,24)21-10-14-5-3-6-15(19)9-14/h3-9,12-13,21H,10-11H2,1-2H3. The van der Waals surface area contributed by atoms with E-state index in [1.165, 1.54) is 12.1 Å². The molecule has 0 aliphatic heterocycles. The second-order valence-electron chi connectivity index (χ2n) is 6.37. The van der Waals surface area contributed by atoms with Crippen LogP contribution in [-0.4, -0.2) is 18.0 Å². The fraction of sp³-hybridized carbons (Fsp3) is 0.278. The third-order valence-corrected chi connectivity index (χ3v) is 5.23. The van der Waals surface area contributed by atoms with Crippen molar-refractivity contribution >= 4 is 21.1 Å². The van der Waals surface area contributed by atoms with Crippen LogP contribution in [0, 0.1) is 11.7 Å². The van der Waals surface area contributed by atoms with Gasteiger partial charge in [-0.1, -0.05) is 26.0 Å². The number of nitrogens with one attached hydrogen (secondary N) is 1. The van der Waals surface area contributed by atoms with Gasteiger partial charge in [0.05, 0.1) is 0 Å². The smallest absolute Gasteiger partial charge is 0.243 e. The van der Waals surface area contributed by atoms with Gasteiger partial charge in [0.25, 0.3) is 0 Å². The van der Waals surface area contributed by atoms with Crippen molar-refractivity contribution in [2.24, 2.45) is 5.92 Å². The van der Waals surface area contributed by atoms with E-state index in [0.29, 0.717) is 29.1 Å². The highest BCUT2D eigenvalue weighted by atomic mass is 32.2. The van der Waals surface area contributed by atoms with E-state index in [9.17, 15) is 12.8 Å². The molecule has 0 saturated heterocycles. The molecule has 1 aromatic carbocycles. The first kappa shape index (κ1) is 17.6. The Kier molecular flexibility index (Phi) is 4.87. The molecule has 0 spiro atoms. The van der Waals surface area contributed by atoms with Gasteiger partial charge in [0.2, 0.25) is 10.0 Å².